The van der Waals surface area contributed by atoms with Crippen LogP contribution >= 0.6 is 7.82 Å². The number of carbonyl (C=O) groups excluding carboxylic acids is 2. The van der Waals surface area contributed by atoms with Crippen molar-refractivity contribution in [2.75, 3.05) is 7.11 Å². The Morgan fingerprint density at radius 2 is 1.88 bits per heavy atom. The zero-order valence-corrected chi connectivity index (χ0v) is 9.90. The Morgan fingerprint density at radius 3 is 2.06 bits per heavy atom. The van der Waals surface area contributed by atoms with Gasteiger partial charge in [0.1, 0.15) is 0 Å². The van der Waals surface area contributed by atoms with Crippen LogP contribution in [0.15, 0.2) is 24.8 Å². The minimum absolute atomic E-state index is 0.398. The molecular formula is C8H14NO6P. The smallest absolute Gasteiger partial charge is 0.367 e. The second kappa shape index (κ2) is 7.81. The second-order valence-corrected chi connectivity index (χ2v) is 3.89. The Hall–Kier alpha value is -1.43. The highest BCUT2D eigenvalue weighted by molar-refractivity contribution is 7.48. The lowest BCUT2D eigenvalue weighted by atomic mass is 10.3. The van der Waals surface area contributed by atoms with E-state index >= 15 is 0 Å². The lowest BCUT2D eigenvalue weighted by Gasteiger charge is -2.05. The highest BCUT2D eigenvalue weighted by Crippen LogP contribution is 2.41. The molecule has 0 fully saturated rings. The number of primary amides is 1. The molecule has 7 nitrogen and oxygen atoms in total. The molecule has 8 heteroatoms. The van der Waals surface area contributed by atoms with Crippen LogP contribution in [0.25, 0.3) is 0 Å². The van der Waals surface area contributed by atoms with Crippen molar-refractivity contribution in [1.29, 1.82) is 0 Å². The van der Waals surface area contributed by atoms with Crippen molar-refractivity contribution < 1.29 is 28.1 Å². The van der Waals surface area contributed by atoms with Crippen molar-refractivity contribution in [3.63, 3.8) is 0 Å². The summed E-state index contributed by atoms with van der Waals surface area (Å²) >= 11 is 0. The van der Waals surface area contributed by atoms with E-state index in [1.165, 1.54) is 0 Å². The summed E-state index contributed by atoms with van der Waals surface area (Å²) in [6.45, 7) is 7.87. The SMILES string of the molecule is C=C(C)C(N)=O.C=CC(=O)OP(=O)(O)OC. The Kier molecular flexibility index (Phi) is 8.29. The zero-order chi connectivity index (χ0) is 13.4. The molecule has 3 N–H and O–H groups in total. The molecule has 0 aliphatic heterocycles. The van der Waals surface area contributed by atoms with Crippen LogP contribution in [0.2, 0.25) is 0 Å². The van der Waals surface area contributed by atoms with Gasteiger partial charge >= 0.3 is 13.8 Å². The number of nitrogens with two attached hydrogens (primary N) is 1. The number of phosphoric ester groups is 1. The summed E-state index contributed by atoms with van der Waals surface area (Å²) in [7, 11) is -3.21. The number of phosphoric acid groups is 1. The summed E-state index contributed by atoms with van der Waals surface area (Å²) in [4.78, 5) is 28.5. The largest absolute Gasteiger partial charge is 0.529 e. The Balaban J connectivity index is 0. The van der Waals surface area contributed by atoms with E-state index < -0.39 is 19.7 Å². The third-order valence-corrected chi connectivity index (χ3v) is 1.90. The fourth-order valence-electron chi connectivity index (χ4n) is 0.188. The molecule has 0 bridgehead atoms. The van der Waals surface area contributed by atoms with Gasteiger partial charge in [0.2, 0.25) is 5.91 Å². The maximum atomic E-state index is 10.4. The number of carbonyl (C=O) groups is 2. The van der Waals surface area contributed by atoms with Crippen LogP contribution < -0.4 is 5.73 Å². The Bertz CT molecular complexity index is 325. The van der Waals surface area contributed by atoms with Crippen molar-refractivity contribution in [3.8, 4) is 0 Å². The lowest BCUT2D eigenvalue weighted by molar-refractivity contribution is -0.130. The predicted molar refractivity (Wildman–Crippen MR) is 57.1 cm³/mol. The number of rotatable bonds is 4. The zero-order valence-electron chi connectivity index (χ0n) is 9.00. The van der Waals surface area contributed by atoms with Gasteiger partial charge in [-0.3, -0.25) is 14.2 Å². The van der Waals surface area contributed by atoms with E-state index in [4.69, 9.17) is 10.6 Å². The molecule has 0 saturated heterocycles. The molecular weight excluding hydrogens is 237 g/mol. The third kappa shape index (κ3) is 10.6. The predicted octanol–water partition coefficient (Wildman–Crippen LogP) is 0.510. The maximum absolute atomic E-state index is 10.4. The molecule has 1 unspecified atom stereocenters. The molecule has 0 rings (SSSR count). The average Bonchev–Trinajstić information content (AvgIpc) is 2.18. The fraction of sp³-hybridized carbons (Fsp3) is 0.250. The molecule has 1 amide bonds. The monoisotopic (exact) mass is 251 g/mol. The summed E-state index contributed by atoms with van der Waals surface area (Å²) in [5.74, 6) is -1.43. The summed E-state index contributed by atoms with van der Waals surface area (Å²) in [6, 6.07) is 0. The lowest BCUT2D eigenvalue weighted by Crippen LogP contribution is -2.10. The van der Waals surface area contributed by atoms with Gasteiger partial charge in [0.25, 0.3) is 0 Å². The standard InChI is InChI=1S/C4H7NO.C4H7O5P/c1-3(2)4(5)6;1-3-4(5)9-10(6,7)8-2/h1H2,2H3,(H2,5,6);3H,1H2,2H3,(H,6,7). The molecule has 0 saturated carbocycles. The first-order valence-electron chi connectivity index (χ1n) is 3.86. The fourth-order valence-corrected chi connectivity index (χ4v) is 0.565. The van der Waals surface area contributed by atoms with E-state index in [0.717, 1.165) is 13.2 Å². The summed E-state index contributed by atoms with van der Waals surface area (Å²) in [5, 5.41) is 0. The number of amides is 1. The van der Waals surface area contributed by atoms with Crippen LogP contribution in [-0.4, -0.2) is 23.9 Å². The van der Waals surface area contributed by atoms with E-state index in [-0.39, 0.29) is 0 Å². The molecule has 0 aromatic carbocycles. The van der Waals surface area contributed by atoms with Crippen LogP contribution in [-0.2, 0) is 23.2 Å². The van der Waals surface area contributed by atoms with Gasteiger partial charge in [0.05, 0.1) is 0 Å². The molecule has 16 heavy (non-hydrogen) atoms. The van der Waals surface area contributed by atoms with Crippen molar-refractivity contribution in [2.24, 2.45) is 5.73 Å². The summed E-state index contributed by atoms with van der Waals surface area (Å²) in [6.07, 6.45) is 0.766. The van der Waals surface area contributed by atoms with Gasteiger partial charge in [0, 0.05) is 18.8 Å². The first-order chi connectivity index (χ1) is 7.16. The van der Waals surface area contributed by atoms with E-state index in [0.29, 0.717) is 5.57 Å². The summed E-state index contributed by atoms with van der Waals surface area (Å²) < 4.78 is 18.2. The van der Waals surface area contributed by atoms with Gasteiger partial charge < -0.3 is 10.3 Å². The van der Waals surface area contributed by atoms with Crippen molar-refractivity contribution >= 4 is 19.7 Å². The Morgan fingerprint density at radius 1 is 1.50 bits per heavy atom. The third-order valence-electron chi connectivity index (χ3n) is 1.02. The maximum Gasteiger partial charge on any atom is 0.529 e. The molecule has 0 aliphatic rings. The van der Waals surface area contributed by atoms with Gasteiger partial charge in [-0.2, -0.15) is 0 Å². The minimum Gasteiger partial charge on any atom is -0.367 e. The van der Waals surface area contributed by atoms with Crippen LogP contribution in [0.4, 0.5) is 0 Å². The normalized spacial score (nSPS) is 12.4. The molecule has 0 spiro atoms. The minimum atomic E-state index is -4.17. The van der Waals surface area contributed by atoms with E-state index in [9.17, 15) is 14.2 Å². The number of hydrogen-bond acceptors (Lipinski definition) is 5. The first-order valence-corrected chi connectivity index (χ1v) is 5.35. The molecule has 0 aromatic rings. The molecule has 0 radical (unpaired) electrons. The highest BCUT2D eigenvalue weighted by Gasteiger charge is 2.21. The van der Waals surface area contributed by atoms with Crippen LogP contribution in [0.5, 0.6) is 0 Å². The van der Waals surface area contributed by atoms with Crippen molar-refractivity contribution in [2.45, 2.75) is 6.92 Å². The molecule has 0 heterocycles. The second-order valence-electron chi connectivity index (χ2n) is 2.41. The van der Waals surface area contributed by atoms with Crippen LogP contribution in [0, 0.1) is 0 Å². The van der Waals surface area contributed by atoms with Crippen molar-refractivity contribution in [1.82, 2.24) is 0 Å². The van der Waals surface area contributed by atoms with Gasteiger partial charge in [0.15, 0.2) is 0 Å². The quantitative estimate of drug-likeness (QED) is 0.555. The Labute approximate surface area is 93.2 Å². The van der Waals surface area contributed by atoms with E-state index in [1.807, 2.05) is 0 Å². The first kappa shape index (κ1) is 17.0. The van der Waals surface area contributed by atoms with Gasteiger partial charge in [-0.05, 0) is 6.92 Å². The average molecular weight is 251 g/mol. The molecule has 1 atom stereocenters. The molecule has 92 valence electrons. The highest BCUT2D eigenvalue weighted by atomic mass is 31.2. The van der Waals surface area contributed by atoms with Crippen LogP contribution in [0.1, 0.15) is 6.92 Å². The van der Waals surface area contributed by atoms with Crippen molar-refractivity contribution in [3.05, 3.63) is 24.8 Å². The van der Waals surface area contributed by atoms with Crippen LogP contribution in [0.3, 0.4) is 0 Å². The number of hydrogen-bond donors (Lipinski definition) is 2. The topological polar surface area (TPSA) is 116 Å². The molecule has 0 aromatic heterocycles. The van der Waals surface area contributed by atoms with Gasteiger partial charge in [-0.15, -0.1) is 0 Å². The van der Waals surface area contributed by atoms with Gasteiger partial charge in [-0.1, -0.05) is 13.2 Å². The summed E-state index contributed by atoms with van der Waals surface area (Å²) in [5.41, 5.74) is 5.09. The van der Waals surface area contributed by atoms with E-state index in [1.54, 1.807) is 6.92 Å². The molecule has 0 aliphatic carbocycles. The van der Waals surface area contributed by atoms with Gasteiger partial charge in [-0.25, -0.2) is 9.36 Å². The van der Waals surface area contributed by atoms with E-state index in [2.05, 4.69) is 22.2 Å².